The quantitative estimate of drug-likeness (QED) is 0.692. The number of hydrogen-bond donors (Lipinski definition) is 2. The molecule has 1 aliphatic heterocycles. The van der Waals surface area contributed by atoms with Crippen LogP contribution in [0.25, 0.3) is 0 Å². The van der Waals surface area contributed by atoms with E-state index in [2.05, 4.69) is 44.8 Å². The van der Waals surface area contributed by atoms with Crippen LogP contribution < -0.4 is 16.0 Å². The Morgan fingerprint density at radius 2 is 1.82 bits per heavy atom. The molecule has 1 saturated heterocycles. The van der Waals surface area contributed by atoms with Crippen LogP contribution in [0.5, 0.6) is 0 Å². The second-order valence-electron chi connectivity index (χ2n) is 9.05. The van der Waals surface area contributed by atoms with Gasteiger partial charge in [-0.05, 0) is 73.9 Å². The van der Waals surface area contributed by atoms with Gasteiger partial charge < -0.3 is 16.0 Å². The van der Waals surface area contributed by atoms with E-state index in [1.54, 1.807) is 0 Å². The van der Waals surface area contributed by atoms with Crippen molar-refractivity contribution in [3.63, 3.8) is 0 Å². The highest BCUT2D eigenvalue weighted by Gasteiger charge is 2.21. The molecule has 1 fully saturated rings. The number of amides is 1. The number of nitrogens with one attached hydrogen (secondary N) is 1. The van der Waals surface area contributed by atoms with Crippen molar-refractivity contribution in [2.75, 3.05) is 22.5 Å². The largest absolute Gasteiger partial charge is 0.397 e. The SMILES string of the molecule is Cc1cc(N)c(NC(=O)c2ccc(C(C)(C)C)cc2)cc1N1CCCCC1C. The van der Waals surface area contributed by atoms with Crippen LogP contribution in [-0.2, 0) is 5.41 Å². The van der Waals surface area contributed by atoms with Crippen LogP contribution in [0, 0.1) is 6.92 Å². The van der Waals surface area contributed by atoms with Gasteiger partial charge in [-0.2, -0.15) is 0 Å². The molecule has 1 aliphatic rings. The Morgan fingerprint density at radius 1 is 1.14 bits per heavy atom. The summed E-state index contributed by atoms with van der Waals surface area (Å²) in [5.41, 5.74) is 11.7. The predicted octanol–water partition coefficient (Wildman–Crippen LogP) is 5.51. The van der Waals surface area contributed by atoms with Crippen LogP contribution in [0.4, 0.5) is 17.1 Å². The Bertz CT molecular complexity index is 849. The minimum absolute atomic E-state index is 0.0659. The van der Waals surface area contributed by atoms with Gasteiger partial charge in [-0.25, -0.2) is 0 Å². The number of carbonyl (C=O) groups is 1. The normalized spacial score (nSPS) is 17.5. The molecule has 3 rings (SSSR count). The van der Waals surface area contributed by atoms with E-state index < -0.39 is 0 Å². The second-order valence-corrected chi connectivity index (χ2v) is 9.05. The van der Waals surface area contributed by atoms with Gasteiger partial charge >= 0.3 is 0 Å². The Balaban J connectivity index is 1.83. The molecule has 0 spiro atoms. The number of carbonyl (C=O) groups excluding carboxylic acids is 1. The highest BCUT2D eigenvalue weighted by Crippen LogP contribution is 2.33. The molecular formula is C24H33N3O. The summed E-state index contributed by atoms with van der Waals surface area (Å²) in [6.07, 6.45) is 3.68. The molecule has 1 amide bonds. The van der Waals surface area contributed by atoms with Crippen LogP contribution in [0.2, 0.25) is 0 Å². The summed E-state index contributed by atoms with van der Waals surface area (Å²) in [4.78, 5) is 15.2. The van der Waals surface area contributed by atoms with Gasteiger partial charge in [0.15, 0.2) is 0 Å². The lowest BCUT2D eigenvalue weighted by molar-refractivity contribution is 0.102. The summed E-state index contributed by atoms with van der Waals surface area (Å²) in [6.45, 7) is 11.9. The summed E-state index contributed by atoms with van der Waals surface area (Å²) >= 11 is 0. The lowest BCUT2D eigenvalue weighted by Gasteiger charge is -2.36. The second kappa shape index (κ2) is 7.86. The summed E-state index contributed by atoms with van der Waals surface area (Å²) in [5.74, 6) is -0.131. The van der Waals surface area contributed by atoms with E-state index in [0.717, 1.165) is 12.1 Å². The van der Waals surface area contributed by atoms with Gasteiger partial charge in [0.2, 0.25) is 0 Å². The third-order valence-electron chi connectivity index (χ3n) is 5.74. The number of nitrogens with two attached hydrogens (primary N) is 1. The molecule has 28 heavy (non-hydrogen) atoms. The zero-order valence-corrected chi connectivity index (χ0v) is 17.8. The van der Waals surface area contributed by atoms with E-state index in [-0.39, 0.29) is 11.3 Å². The van der Waals surface area contributed by atoms with Gasteiger partial charge in [0.25, 0.3) is 5.91 Å². The first-order valence-corrected chi connectivity index (χ1v) is 10.3. The molecule has 0 bridgehead atoms. The van der Waals surface area contributed by atoms with E-state index in [4.69, 9.17) is 5.73 Å². The lowest BCUT2D eigenvalue weighted by Crippen LogP contribution is -2.37. The van der Waals surface area contributed by atoms with E-state index in [1.165, 1.54) is 30.5 Å². The van der Waals surface area contributed by atoms with Crippen LogP contribution in [0.3, 0.4) is 0 Å². The predicted molar refractivity (Wildman–Crippen MR) is 119 cm³/mol. The number of anilines is 3. The molecule has 0 aliphatic carbocycles. The van der Waals surface area contributed by atoms with Gasteiger partial charge in [-0.15, -0.1) is 0 Å². The first-order chi connectivity index (χ1) is 13.2. The van der Waals surface area contributed by atoms with Crippen molar-refractivity contribution in [3.05, 3.63) is 53.1 Å². The van der Waals surface area contributed by atoms with Crippen molar-refractivity contribution in [1.29, 1.82) is 0 Å². The number of hydrogen-bond acceptors (Lipinski definition) is 3. The van der Waals surface area contributed by atoms with Crippen molar-refractivity contribution in [2.24, 2.45) is 0 Å². The molecule has 2 aromatic carbocycles. The molecular weight excluding hydrogens is 346 g/mol. The van der Waals surface area contributed by atoms with Crippen LogP contribution in [0.15, 0.2) is 36.4 Å². The molecule has 0 radical (unpaired) electrons. The van der Waals surface area contributed by atoms with E-state index >= 15 is 0 Å². The van der Waals surface area contributed by atoms with Gasteiger partial charge in [0.05, 0.1) is 11.4 Å². The molecule has 2 aromatic rings. The van der Waals surface area contributed by atoms with Gasteiger partial charge in [-0.1, -0.05) is 32.9 Å². The molecule has 0 aromatic heterocycles. The molecule has 1 atom stereocenters. The van der Waals surface area contributed by atoms with Crippen molar-refractivity contribution < 1.29 is 4.79 Å². The zero-order chi connectivity index (χ0) is 20.5. The number of nitrogens with zero attached hydrogens (tertiary/aromatic N) is 1. The molecule has 1 heterocycles. The Kier molecular flexibility index (Phi) is 5.69. The number of aryl methyl sites for hydroxylation is 1. The standard InChI is InChI=1S/C24H33N3O/c1-16-14-20(25)21(15-22(16)27-13-7-6-8-17(27)2)26-23(28)18-9-11-19(12-10-18)24(3,4)5/h9-12,14-15,17H,6-8,13,25H2,1-5H3,(H,26,28). The summed E-state index contributed by atoms with van der Waals surface area (Å²) in [5, 5.41) is 3.02. The first-order valence-electron chi connectivity index (χ1n) is 10.3. The summed E-state index contributed by atoms with van der Waals surface area (Å²) in [7, 11) is 0. The minimum Gasteiger partial charge on any atom is -0.397 e. The maximum Gasteiger partial charge on any atom is 0.255 e. The highest BCUT2D eigenvalue weighted by molar-refractivity contribution is 6.06. The Labute approximate surface area is 169 Å². The van der Waals surface area contributed by atoms with Crippen LogP contribution in [-0.4, -0.2) is 18.5 Å². The average Bonchev–Trinajstić information content (AvgIpc) is 2.64. The fourth-order valence-electron chi connectivity index (χ4n) is 3.91. The Hall–Kier alpha value is -2.49. The monoisotopic (exact) mass is 379 g/mol. The molecule has 4 nitrogen and oxygen atoms in total. The first kappa shape index (κ1) is 20.2. The maximum atomic E-state index is 12.8. The number of benzene rings is 2. The molecule has 150 valence electrons. The third-order valence-corrected chi connectivity index (χ3v) is 5.74. The van der Waals surface area contributed by atoms with Crippen molar-refractivity contribution in [2.45, 2.75) is 65.3 Å². The summed E-state index contributed by atoms with van der Waals surface area (Å²) in [6, 6.07) is 12.3. The third kappa shape index (κ3) is 4.32. The van der Waals surface area contributed by atoms with Crippen molar-refractivity contribution in [3.8, 4) is 0 Å². The van der Waals surface area contributed by atoms with E-state index in [9.17, 15) is 4.79 Å². The molecule has 1 unspecified atom stereocenters. The zero-order valence-electron chi connectivity index (χ0n) is 17.8. The lowest BCUT2D eigenvalue weighted by atomic mass is 9.87. The number of piperidine rings is 1. The Morgan fingerprint density at radius 3 is 2.43 bits per heavy atom. The van der Waals surface area contributed by atoms with E-state index in [0.29, 0.717) is 23.0 Å². The molecule has 4 heteroatoms. The van der Waals surface area contributed by atoms with Gasteiger partial charge in [-0.3, -0.25) is 4.79 Å². The molecule has 3 N–H and O–H groups in total. The smallest absolute Gasteiger partial charge is 0.255 e. The average molecular weight is 380 g/mol. The van der Waals surface area contributed by atoms with Crippen molar-refractivity contribution >= 4 is 23.0 Å². The van der Waals surface area contributed by atoms with Crippen molar-refractivity contribution in [1.82, 2.24) is 0 Å². The highest BCUT2D eigenvalue weighted by atomic mass is 16.1. The van der Waals surface area contributed by atoms with Crippen LogP contribution >= 0.6 is 0 Å². The van der Waals surface area contributed by atoms with Crippen LogP contribution in [0.1, 0.15) is 68.4 Å². The van der Waals surface area contributed by atoms with Gasteiger partial charge in [0.1, 0.15) is 0 Å². The topological polar surface area (TPSA) is 58.4 Å². The fraction of sp³-hybridized carbons (Fsp3) is 0.458. The maximum absolute atomic E-state index is 12.8. The fourth-order valence-corrected chi connectivity index (χ4v) is 3.91. The molecule has 0 saturated carbocycles. The van der Waals surface area contributed by atoms with E-state index in [1.807, 2.05) is 36.4 Å². The summed E-state index contributed by atoms with van der Waals surface area (Å²) < 4.78 is 0. The van der Waals surface area contributed by atoms with Gasteiger partial charge in [0, 0.05) is 23.8 Å². The minimum atomic E-state index is -0.131. The number of rotatable bonds is 3. The number of nitrogen functional groups attached to an aromatic ring is 1.